The Hall–Kier alpha value is -1.86. The molecular formula is C23H37N3O3+2. The number of nitrogens with zero attached hydrogens (tertiary/aromatic N) is 1. The highest BCUT2D eigenvalue weighted by Crippen LogP contribution is 2.14. The van der Waals surface area contributed by atoms with Crippen LogP contribution < -0.4 is 14.5 Å². The molecule has 0 aliphatic carbocycles. The molecular weight excluding hydrogens is 366 g/mol. The van der Waals surface area contributed by atoms with Crippen molar-refractivity contribution in [1.29, 1.82) is 0 Å². The Morgan fingerprint density at radius 3 is 2.83 bits per heavy atom. The van der Waals surface area contributed by atoms with Gasteiger partial charge < -0.3 is 28.9 Å². The highest BCUT2D eigenvalue weighted by atomic mass is 16.5. The van der Waals surface area contributed by atoms with Gasteiger partial charge in [0.1, 0.15) is 51.1 Å². The predicted octanol–water partition coefficient (Wildman–Crippen LogP) is -0.384. The summed E-state index contributed by atoms with van der Waals surface area (Å²) < 4.78 is 13.2. The molecule has 1 aliphatic rings. The monoisotopic (exact) mass is 403 g/mol. The van der Waals surface area contributed by atoms with Crippen molar-refractivity contribution in [1.82, 2.24) is 4.57 Å². The molecule has 2 aromatic rings. The van der Waals surface area contributed by atoms with Crippen LogP contribution in [0, 0.1) is 0 Å². The summed E-state index contributed by atoms with van der Waals surface area (Å²) in [7, 11) is 1.71. The SMILES string of the molecule is CC[C@@H](O)C[NH+](CC[NH+]1CCOCC1)Cc1cccn1Cc1cccc(OC)c1. The molecule has 3 rings (SSSR count). The molecule has 1 fully saturated rings. The molecule has 1 aromatic carbocycles. The van der Waals surface area contributed by atoms with Crippen LogP contribution in [0.4, 0.5) is 0 Å². The molecule has 2 heterocycles. The third-order valence-electron chi connectivity index (χ3n) is 5.87. The molecule has 6 heteroatoms. The van der Waals surface area contributed by atoms with E-state index in [1.807, 2.05) is 12.1 Å². The fourth-order valence-corrected chi connectivity index (χ4v) is 3.99. The third kappa shape index (κ3) is 6.85. The Morgan fingerprint density at radius 2 is 2.07 bits per heavy atom. The van der Waals surface area contributed by atoms with E-state index >= 15 is 0 Å². The highest BCUT2D eigenvalue weighted by molar-refractivity contribution is 5.29. The molecule has 3 N–H and O–H groups in total. The van der Waals surface area contributed by atoms with Gasteiger partial charge in [-0.1, -0.05) is 19.1 Å². The number of hydrogen-bond acceptors (Lipinski definition) is 3. The topological polar surface area (TPSA) is 52.5 Å². The van der Waals surface area contributed by atoms with Gasteiger partial charge in [0, 0.05) is 12.7 Å². The van der Waals surface area contributed by atoms with Crippen molar-refractivity contribution in [2.75, 3.05) is 53.0 Å². The van der Waals surface area contributed by atoms with Crippen LogP contribution in [-0.4, -0.2) is 68.8 Å². The van der Waals surface area contributed by atoms with Crippen molar-refractivity contribution in [3.63, 3.8) is 0 Å². The second kappa shape index (κ2) is 11.4. The van der Waals surface area contributed by atoms with E-state index in [2.05, 4.69) is 42.0 Å². The number of aromatic nitrogens is 1. The maximum absolute atomic E-state index is 10.3. The van der Waals surface area contributed by atoms with Gasteiger partial charge in [0.2, 0.25) is 0 Å². The summed E-state index contributed by atoms with van der Waals surface area (Å²) in [5.74, 6) is 0.892. The fourth-order valence-electron chi connectivity index (χ4n) is 3.99. The minimum atomic E-state index is -0.244. The molecule has 1 unspecified atom stereocenters. The average Bonchev–Trinajstić information content (AvgIpc) is 3.19. The summed E-state index contributed by atoms with van der Waals surface area (Å²) in [5.41, 5.74) is 2.54. The van der Waals surface area contributed by atoms with E-state index in [1.165, 1.54) is 16.2 Å². The molecule has 0 saturated carbocycles. The zero-order chi connectivity index (χ0) is 20.5. The van der Waals surface area contributed by atoms with Gasteiger partial charge in [0.25, 0.3) is 0 Å². The summed E-state index contributed by atoms with van der Waals surface area (Å²) in [5, 5.41) is 10.3. The standard InChI is InChI=1S/C23H35N3O3/c1-3-22(27)19-25(11-10-24-12-14-29-15-13-24)18-21-7-5-9-26(21)17-20-6-4-8-23(16-20)28-2/h4-9,16,22,27H,3,10-15,17-19H2,1-2H3/p+2/t22-/m1/s1. The van der Waals surface area contributed by atoms with Gasteiger partial charge in [-0.3, -0.25) is 0 Å². The van der Waals surface area contributed by atoms with Gasteiger partial charge >= 0.3 is 0 Å². The Morgan fingerprint density at radius 1 is 1.24 bits per heavy atom. The van der Waals surface area contributed by atoms with E-state index in [1.54, 1.807) is 12.0 Å². The normalized spacial score (nSPS) is 17.2. The quantitative estimate of drug-likeness (QED) is 0.479. The number of methoxy groups -OCH3 is 1. The lowest BCUT2D eigenvalue weighted by Crippen LogP contribution is -3.21. The van der Waals surface area contributed by atoms with Crippen molar-refractivity contribution in [2.45, 2.75) is 32.5 Å². The Balaban J connectivity index is 1.64. The summed E-state index contributed by atoms with van der Waals surface area (Å²) in [6.07, 6.45) is 2.71. The maximum atomic E-state index is 10.3. The number of aliphatic hydroxyl groups is 1. The zero-order valence-corrected chi connectivity index (χ0v) is 17.9. The molecule has 160 valence electrons. The smallest absolute Gasteiger partial charge is 0.127 e. The van der Waals surface area contributed by atoms with Crippen LogP contribution in [0.2, 0.25) is 0 Å². The predicted molar refractivity (Wildman–Crippen MR) is 114 cm³/mol. The van der Waals surface area contributed by atoms with Crippen LogP contribution in [0.25, 0.3) is 0 Å². The number of benzene rings is 1. The largest absolute Gasteiger partial charge is 0.497 e. The van der Waals surface area contributed by atoms with E-state index in [-0.39, 0.29) is 6.10 Å². The molecule has 0 bridgehead atoms. The van der Waals surface area contributed by atoms with Gasteiger partial charge in [-0.25, -0.2) is 0 Å². The number of aliphatic hydroxyl groups excluding tert-OH is 1. The van der Waals surface area contributed by atoms with Crippen LogP contribution in [-0.2, 0) is 17.8 Å². The minimum Gasteiger partial charge on any atom is -0.497 e. The van der Waals surface area contributed by atoms with Crippen molar-refractivity contribution in [3.05, 3.63) is 53.9 Å². The first-order chi connectivity index (χ1) is 14.2. The van der Waals surface area contributed by atoms with Gasteiger partial charge in [0.05, 0.1) is 26.0 Å². The highest BCUT2D eigenvalue weighted by Gasteiger charge is 2.20. The lowest BCUT2D eigenvalue weighted by Gasteiger charge is -2.27. The van der Waals surface area contributed by atoms with Gasteiger partial charge in [-0.05, 0) is 36.2 Å². The summed E-state index contributed by atoms with van der Waals surface area (Å²) in [6.45, 7) is 10.7. The first-order valence-corrected chi connectivity index (χ1v) is 10.9. The zero-order valence-electron chi connectivity index (χ0n) is 17.9. The van der Waals surface area contributed by atoms with Crippen LogP contribution in [0.15, 0.2) is 42.6 Å². The molecule has 2 atom stereocenters. The van der Waals surface area contributed by atoms with E-state index in [0.29, 0.717) is 0 Å². The van der Waals surface area contributed by atoms with E-state index < -0.39 is 0 Å². The fraction of sp³-hybridized carbons (Fsp3) is 0.565. The second-order valence-electron chi connectivity index (χ2n) is 8.03. The molecule has 1 aliphatic heterocycles. The Bertz CT molecular complexity index is 728. The average molecular weight is 404 g/mol. The van der Waals surface area contributed by atoms with E-state index in [4.69, 9.17) is 9.47 Å². The lowest BCUT2D eigenvalue weighted by molar-refractivity contribution is -0.969. The van der Waals surface area contributed by atoms with Crippen molar-refractivity contribution < 1.29 is 24.4 Å². The molecule has 6 nitrogen and oxygen atoms in total. The molecule has 29 heavy (non-hydrogen) atoms. The number of hydrogen-bond donors (Lipinski definition) is 3. The maximum Gasteiger partial charge on any atom is 0.127 e. The number of quaternary nitrogens is 2. The van der Waals surface area contributed by atoms with Crippen molar-refractivity contribution in [2.24, 2.45) is 0 Å². The summed E-state index contributed by atoms with van der Waals surface area (Å²) in [4.78, 5) is 3.07. The molecule has 0 spiro atoms. The molecule has 0 amide bonds. The van der Waals surface area contributed by atoms with Gasteiger partial charge in [-0.15, -0.1) is 0 Å². The number of nitrogens with one attached hydrogen (secondary N) is 2. The first-order valence-electron chi connectivity index (χ1n) is 10.9. The first kappa shape index (κ1) is 21.8. The van der Waals surface area contributed by atoms with Crippen LogP contribution in [0.5, 0.6) is 5.75 Å². The Kier molecular flexibility index (Phi) is 8.55. The number of ether oxygens (including phenoxy) is 2. The van der Waals surface area contributed by atoms with Crippen LogP contribution in [0.3, 0.4) is 0 Å². The number of rotatable bonds is 11. The Labute approximate surface area is 174 Å². The summed E-state index contributed by atoms with van der Waals surface area (Å²) in [6, 6.07) is 12.6. The second-order valence-corrected chi connectivity index (χ2v) is 8.03. The molecule has 1 saturated heterocycles. The van der Waals surface area contributed by atoms with E-state index in [9.17, 15) is 5.11 Å². The summed E-state index contributed by atoms with van der Waals surface area (Å²) >= 11 is 0. The minimum absolute atomic E-state index is 0.244. The van der Waals surface area contributed by atoms with E-state index in [0.717, 1.165) is 71.2 Å². The third-order valence-corrected chi connectivity index (χ3v) is 5.87. The van der Waals surface area contributed by atoms with Crippen molar-refractivity contribution in [3.8, 4) is 5.75 Å². The van der Waals surface area contributed by atoms with Gasteiger partial charge in [-0.2, -0.15) is 0 Å². The van der Waals surface area contributed by atoms with Gasteiger partial charge in [0.15, 0.2) is 0 Å². The molecule has 1 aromatic heterocycles. The molecule has 0 radical (unpaired) electrons. The van der Waals surface area contributed by atoms with Crippen molar-refractivity contribution >= 4 is 0 Å². The lowest BCUT2D eigenvalue weighted by atomic mass is 10.2. The number of morpholine rings is 1. The van der Waals surface area contributed by atoms with Crippen LogP contribution in [0.1, 0.15) is 24.6 Å². The van der Waals surface area contributed by atoms with Crippen LogP contribution >= 0.6 is 0 Å².